The van der Waals surface area contributed by atoms with E-state index in [0.29, 0.717) is 24.0 Å². The van der Waals surface area contributed by atoms with Crippen LogP contribution in [0.2, 0.25) is 0 Å². The molecule has 0 amide bonds. The van der Waals surface area contributed by atoms with Gasteiger partial charge < -0.3 is 0 Å². The summed E-state index contributed by atoms with van der Waals surface area (Å²) in [6.45, 7) is 2.22. The fourth-order valence-electron chi connectivity index (χ4n) is 3.99. The number of rotatable bonds is 7. The second-order valence-corrected chi connectivity index (χ2v) is 7.47. The van der Waals surface area contributed by atoms with Crippen molar-refractivity contribution in [1.82, 2.24) is 0 Å². The van der Waals surface area contributed by atoms with Crippen molar-refractivity contribution in [3.8, 4) is 0 Å². The molecule has 1 unspecified atom stereocenters. The summed E-state index contributed by atoms with van der Waals surface area (Å²) in [7, 11) is 0. The Kier molecular flexibility index (Phi) is 6.39. The highest BCUT2D eigenvalue weighted by Gasteiger charge is 2.26. The fraction of sp³-hybridized carbons (Fsp3) is 0.478. The number of hydrogen-bond acceptors (Lipinski definition) is 0. The van der Waals surface area contributed by atoms with Crippen LogP contribution in [0.25, 0.3) is 0 Å². The molecule has 2 aromatic carbocycles. The molecule has 26 heavy (non-hydrogen) atoms. The van der Waals surface area contributed by atoms with E-state index in [2.05, 4.69) is 31.2 Å². The monoisotopic (exact) mass is 360 g/mol. The first-order valence-electron chi connectivity index (χ1n) is 9.84. The Bertz CT molecular complexity index is 734. The zero-order chi connectivity index (χ0) is 18.5. The predicted octanol–water partition coefficient (Wildman–Crippen LogP) is 6.89. The van der Waals surface area contributed by atoms with Crippen molar-refractivity contribution in [3.05, 3.63) is 70.0 Å². The highest BCUT2D eigenvalue weighted by Crippen LogP contribution is 2.35. The van der Waals surface area contributed by atoms with Crippen molar-refractivity contribution in [2.45, 2.75) is 70.6 Å². The van der Waals surface area contributed by atoms with Crippen molar-refractivity contribution < 1.29 is 13.2 Å². The van der Waals surface area contributed by atoms with E-state index in [1.807, 2.05) is 0 Å². The van der Waals surface area contributed by atoms with Gasteiger partial charge in [0, 0.05) is 0 Å². The van der Waals surface area contributed by atoms with E-state index in [4.69, 9.17) is 0 Å². The van der Waals surface area contributed by atoms with Crippen molar-refractivity contribution in [3.63, 3.8) is 0 Å². The molecule has 0 spiro atoms. The van der Waals surface area contributed by atoms with Gasteiger partial charge in [0.15, 0.2) is 17.5 Å². The molecule has 0 fully saturated rings. The van der Waals surface area contributed by atoms with E-state index in [-0.39, 0.29) is 5.92 Å². The van der Waals surface area contributed by atoms with Crippen LogP contribution < -0.4 is 0 Å². The first-order chi connectivity index (χ1) is 12.6. The predicted molar refractivity (Wildman–Crippen MR) is 100.0 cm³/mol. The molecule has 0 aliphatic heterocycles. The van der Waals surface area contributed by atoms with Crippen LogP contribution in [0.4, 0.5) is 13.2 Å². The number of benzene rings is 2. The molecule has 1 aliphatic carbocycles. The summed E-state index contributed by atoms with van der Waals surface area (Å²) in [5.41, 5.74) is 3.51. The maximum atomic E-state index is 13.9. The van der Waals surface area contributed by atoms with Gasteiger partial charge in [0.2, 0.25) is 0 Å². The smallest absolute Gasteiger partial charge is 0.194 e. The molecular weight excluding hydrogens is 333 g/mol. The third-order valence-corrected chi connectivity index (χ3v) is 5.59. The maximum absolute atomic E-state index is 13.9. The van der Waals surface area contributed by atoms with E-state index in [0.717, 1.165) is 12.8 Å². The van der Waals surface area contributed by atoms with Crippen molar-refractivity contribution in [1.29, 1.82) is 0 Å². The summed E-state index contributed by atoms with van der Waals surface area (Å²) in [6.07, 6.45) is 9.29. The Morgan fingerprint density at radius 1 is 0.923 bits per heavy atom. The van der Waals surface area contributed by atoms with Gasteiger partial charge >= 0.3 is 0 Å². The normalized spacial score (nSPS) is 16.5. The van der Waals surface area contributed by atoms with Crippen LogP contribution in [0.1, 0.15) is 73.6 Å². The summed E-state index contributed by atoms with van der Waals surface area (Å²) in [5.74, 6) is -3.19. The van der Waals surface area contributed by atoms with E-state index in [1.54, 1.807) is 0 Å². The average molecular weight is 360 g/mol. The van der Waals surface area contributed by atoms with Crippen LogP contribution >= 0.6 is 0 Å². The lowest BCUT2D eigenvalue weighted by molar-refractivity contribution is 0.428. The zero-order valence-corrected chi connectivity index (χ0v) is 15.5. The van der Waals surface area contributed by atoms with Gasteiger partial charge in [-0.2, -0.15) is 0 Å². The largest absolute Gasteiger partial charge is 0.204 e. The summed E-state index contributed by atoms with van der Waals surface area (Å²) in [6, 6.07) is 9.82. The maximum Gasteiger partial charge on any atom is 0.194 e. The molecule has 1 atom stereocenters. The second-order valence-electron chi connectivity index (χ2n) is 7.47. The molecule has 1 aliphatic rings. The van der Waals surface area contributed by atoms with Crippen LogP contribution in [-0.2, 0) is 19.3 Å². The Balaban J connectivity index is 1.62. The molecule has 0 bridgehead atoms. The SMILES string of the molecule is CCCCCCCc1ccc(C2CCc3c(cc(F)c(F)c3F)C2)cc1. The lowest BCUT2D eigenvalue weighted by Crippen LogP contribution is -2.16. The molecule has 0 radical (unpaired) electrons. The van der Waals surface area contributed by atoms with Gasteiger partial charge in [-0.1, -0.05) is 56.9 Å². The third kappa shape index (κ3) is 4.31. The van der Waals surface area contributed by atoms with Gasteiger partial charge in [0.1, 0.15) is 0 Å². The number of halogens is 3. The molecule has 0 saturated heterocycles. The van der Waals surface area contributed by atoms with Crippen LogP contribution in [0.5, 0.6) is 0 Å². The zero-order valence-electron chi connectivity index (χ0n) is 15.5. The van der Waals surface area contributed by atoms with E-state index >= 15 is 0 Å². The van der Waals surface area contributed by atoms with Crippen molar-refractivity contribution in [2.24, 2.45) is 0 Å². The van der Waals surface area contributed by atoms with Crippen LogP contribution in [0.15, 0.2) is 30.3 Å². The highest BCUT2D eigenvalue weighted by molar-refractivity contribution is 5.36. The van der Waals surface area contributed by atoms with Crippen molar-refractivity contribution in [2.75, 3.05) is 0 Å². The standard InChI is InChI=1S/C23H27F3/c1-2-3-4-5-6-7-16-8-10-17(11-9-16)18-12-13-20-19(14-18)15-21(24)23(26)22(20)25/h8-11,15,18H,2-7,12-14H2,1H3. The van der Waals surface area contributed by atoms with Gasteiger partial charge in [-0.15, -0.1) is 0 Å². The third-order valence-electron chi connectivity index (χ3n) is 5.59. The minimum absolute atomic E-state index is 0.241. The van der Waals surface area contributed by atoms with Gasteiger partial charge in [0.25, 0.3) is 0 Å². The Labute approximate surface area is 154 Å². The van der Waals surface area contributed by atoms with Gasteiger partial charge in [-0.3, -0.25) is 0 Å². The fourth-order valence-corrected chi connectivity index (χ4v) is 3.99. The van der Waals surface area contributed by atoms with Crippen molar-refractivity contribution >= 4 is 0 Å². The van der Waals surface area contributed by atoms with Crippen LogP contribution in [0.3, 0.4) is 0 Å². The summed E-state index contributed by atoms with van der Waals surface area (Å²) in [4.78, 5) is 0. The second kappa shape index (κ2) is 8.75. The first kappa shape index (κ1) is 19.0. The number of aryl methyl sites for hydroxylation is 1. The van der Waals surface area contributed by atoms with E-state index in [1.165, 1.54) is 49.3 Å². The van der Waals surface area contributed by atoms with Crippen LogP contribution in [0, 0.1) is 17.5 Å². The molecule has 140 valence electrons. The number of hydrogen-bond donors (Lipinski definition) is 0. The molecule has 0 N–H and O–H groups in total. The topological polar surface area (TPSA) is 0 Å². The Morgan fingerprint density at radius 3 is 2.38 bits per heavy atom. The quantitative estimate of drug-likeness (QED) is 0.372. The molecule has 3 heteroatoms. The number of fused-ring (bicyclic) bond motifs is 1. The van der Waals surface area contributed by atoms with Crippen LogP contribution in [-0.4, -0.2) is 0 Å². The summed E-state index contributed by atoms with van der Waals surface area (Å²) in [5, 5.41) is 0. The van der Waals surface area contributed by atoms with Gasteiger partial charge in [0.05, 0.1) is 0 Å². The van der Waals surface area contributed by atoms with Gasteiger partial charge in [-0.05, 0) is 66.3 Å². The Hall–Kier alpha value is -1.77. The number of unbranched alkanes of at least 4 members (excludes halogenated alkanes) is 4. The lowest BCUT2D eigenvalue weighted by atomic mass is 9.79. The van der Waals surface area contributed by atoms with E-state index < -0.39 is 17.5 Å². The molecule has 0 saturated carbocycles. The molecule has 0 nitrogen and oxygen atoms in total. The average Bonchev–Trinajstić information content (AvgIpc) is 2.66. The lowest BCUT2D eigenvalue weighted by Gasteiger charge is -2.25. The van der Waals surface area contributed by atoms with Gasteiger partial charge in [-0.25, -0.2) is 13.2 Å². The summed E-state index contributed by atoms with van der Waals surface area (Å²) < 4.78 is 40.8. The minimum Gasteiger partial charge on any atom is -0.204 e. The molecule has 0 aromatic heterocycles. The molecule has 0 heterocycles. The Morgan fingerprint density at radius 2 is 1.65 bits per heavy atom. The highest BCUT2D eigenvalue weighted by atomic mass is 19.2. The summed E-state index contributed by atoms with van der Waals surface area (Å²) >= 11 is 0. The molecule has 3 rings (SSSR count). The minimum atomic E-state index is -1.34. The molecular formula is C23H27F3. The molecule has 2 aromatic rings. The van der Waals surface area contributed by atoms with E-state index in [9.17, 15) is 13.2 Å². The first-order valence-corrected chi connectivity index (χ1v) is 9.84.